The maximum absolute atomic E-state index is 13.2. The Kier molecular flexibility index (Phi) is 8.20. The minimum atomic E-state index is -4.99. The first-order valence-electron chi connectivity index (χ1n) is 13.5. The van der Waals surface area contributed by atoms with Gasteiger partial charge in [-0.2, -0.15) is 13.2 Å². The van der Waals surface area contributed by atoms with Crippen molar-refractivity contribution in [3.05, 3.63) is 28.8 Å². The molecular weight excluding hydrogens is 533 g/mol. The summed E-state index contributed by atoms with van der Waals surface area (Å²) in [5.74, 6) is -0.659. The Hall–Kier alpha value is -2.47. The summed E-state index contributed by atoms with van der Waals surface area (Å²) in [5.41, 5.74) is 1.14. The van der Waals surface area contributed by atoms with Crippen molar-refractivity contribution in [3.8, 4) is 0 Å². The molecule has 2 fully saturated rings. The molecular formula is C27H37F3N4O4S. The summed E-state index contributed by atoms with van der Waals surface area (Å²) in [5, 5.41) is 3.00. The highest BCUT2D eigenvalue weighted by Gasteiger charge is 2.48. The van der Waals surface area contributed by atoms with Gasteiger partial charge in [-0.15, -0.1) is 0 Å². The number of nitrogens with zero attached hydrogens (tertiary/aromatic N) is 3. The molecule has 216 valence electrons. The highest BCUT2D eigenvalue weighted by molar-refractivity contribution is 7.89. The van der Waals surface area contributed by atoms with Gasteiger partial charge in [-0.25, -0.2) is 12.7 Å². The van der Waals surface area contributed by atoms with Gasteiger partial charge in [0.05, 0.1) is 5.75 Å². The summed E-state index contributed by atoms with van der Waals surface area (Å²) in [6, 6.07) is 2.93. The standard InChI is InChI=1S/C27H37F3N4O4S/c1-17-6-5-7-20(14-17)23-31-24(35)26(32-23)9-11-34(12-10-26)39(37,38)13-8-22-18(2)15-21(16-19(22)3)33(4)25(36)27(28,29)30/h15-17,20H,5-14H2,1-4H3,(H,31,32,35)/t17-,20+/m1/s1. The molecule has 3 aliphatic rings. The number of carbonyl (C=O) groups excluding carboxylic acids is 2. The summed E-state index contributed by atoms with van der Waals surface area (Å²) in [7, 11) is -2.58. The maximum Gasteiger partial charge on any atom is 0.471 e. The van der Waals surface area contributed by atoms with Gasteiger partial charge in [0, 0.05) is 31.7 Å². The fourth-order valence-corrected chi connectivity index (χ4v) is 7.58. The first-order valence-corrected chi connectivity index (χ1v) is 15.1. The second-order valence-electron chi connectivity index (χ2n) is 11.3. The predicted molar refractivity (Wildman–Crippen MR) is 143 cm³/mol. The van der Waals surface area contributed by atoms with Crippen molar-refractivity contribution >= 4 is 33.4 Å². The molecule has 4 rings (SSSR count). The van der Waals surface area contributed by atoms with E-state index in [1.165, 1.54) is 22.9 Å². The molecule has 1 saturated carbocycles. The lowest BCUT2D eigenvalue weighted by Crippen LogP contribution is -2.51. The summed E-state index contributed by atoms with van der Waals surface area (Å²) in [6.45, 7) is 6.00. The van der Waals surface area contributed by atoms with E-state index in [1.54, 1.807) is 13.8 Å². The third-order valence-electron chi connectivity index (χ3n) is 8.49. The molecule has 1 aliphatic carbocycles. The van der Waals surface area contributed by atoms with Crippen molar-refractivity contribution in [2.24, 2.45) is 16.8 Å². The van der Waals surface area contributed by atoms with E-state index in [9.17, 15) is 31.2 Å². The highest BCUT2D eigenvalue weighted by atomic mass is 32.2. The highest BCUT2D eigenvalue weighted by Crippen LogP contribution is 2.36. The molecule has 2 heterocycles. The molecule has 1 aromatic carbocycles. The van der Waals surface area contributed by atoms with Gasteiger partial charge in [-0.05, 0) is 80.7 Å². The molecule has 1 saturated heterocycles. The number of amides is 2. The number of halogens is 3. The van der Waals surface area contributed by atoms with E-state index in [4.69, 9.17) is 4.99 Å². The molecule has 12 heteroatoms. The van der Waals surface area contributed by atoms with Crippen LogP contribution in [0, 0.1) is 25.7 Å². The van der Waals surface area contributed by atoms with Crippen LogP contribution in [0.3, 0.4) is 0 Å². The Labute approximate surface area is 228 Å². The summed E-state index contributed by atoms with van der Waals surface area (Å²) < 4.78 is 66.3. The minimum Gasteiger partial charge on any atom is -0.312 e. The smallest absolute Gasteiger partial charge is 0.312 e. The van der Waals surface area contributed by atoms with Crippen molar-refractivity contribution in [3.63, 3.8) is 0 Å². The largest absolute Gasteiger partial charge is 0.471 e. The molecule has 2 amide bonds. The van der Waals surface area contributed by atoms with Crippen molar-refractivity contribution < 1.29 is 31.2 Å². The number of nitrogens with one attached hydrogen (secondary N) is 1. The van der Waals surface area contributed by atoms with Gasteiger partial charge in [0.2, 0.25) is 10.0 Å². The van der Waals surface area contributed by atoms with Crippen LogP contribution >= 0.6 is 0 Å². The first-order chi connectivity index (χ1) is 18.1. The molecule has 0 radical (unpaired) electrons. The zero-order valence-electron chi connectivity index (χ0n) is 22.9. The Morgan fingerprint density at radius 2 is 1.79 bits per heavy atom. The topological polar surface area (TPSA) is 99.2 Å². The molecule has 0 aromatic heterocycles. The molecule has 39 heavy (non-hydrogen) atoms. The summed E-state index contributed by atoms with van der Waals surface area (Å²) in [4.78, 5) is 29.9. The number of rotatable bonds is 6. The van der Waals surface area contributed by atoms with E-state index in [1.807, 2.05) is 0 Å². The van der Waals surface area contributed by atoms with Crippen LogP contribution < -0.4 is 10.2 Å². The lowest BCUT2D eigenvalue weighted by Gasteiger charge is -2.35. The zero-order chi connectivity index (χ0) is 28.8. The fourth-order valence-electron chi connectivity index (χ4n) is 6.12. The lowest BCUT2D eigenvalue weighted by atomic mass is 9.82. The van der Waals surface area contributed by atoms with Crippen LogP contribution in [-0.2, 0) is 26.0 Å². The number of aryl methyl sites for hydroxylation is 2. The molecule has 1 N–H and O–H groups in total. The van der Waals surface area contributed by atoms with Gasteiger partial charge in [-0.3, -0.25) is 14.6 Å². The van der Waals surface area contributed by atoms with E-state index in [0.29, 0.717) is 34.8 Å². The van der Waals surface area contributed by atoms with Crippen molar-refractivity contribution in [2.45, 2.75) is 77.4 Å². The summed E-state index contributed by atoms with van der Waals surface area (Å²) >= 11 is 0. The van der Waals surface area contributed by atoms with E-state index in [2.05, 4.69) is 12.2 Å². The van der Waals surface area contributed by atoms with E-state index in [0.717, 1.165) is 37.7 Å². The number of alkyl halides is 3. The third kappa shape index (κ3) is 6.16. The average Bonchev–Trinajstić information content (AvgIpc) is 3.17. The molecule has 8 nitrogen and oxygen atoms in total. The van der Waals surface area contributed by atoms with Crippen LogP contribution in [0.4, 0.5) is 18.9 Å². The number of hydrogen-bond acceptors (Lipinski definition) is 5. The normalized spacial score (nSPS) is 24.0. The summed E-state index contributed by atoms with van der Waals surface area (Å²) in [6.07, 6.45) is 0.168. The molecule has 1 spiro atoms. The zero-order valence-corrected chi connectivity index (χ0v) is 23.7. The van der Waals surface area contributed by atoms with Gasteiger partial charge in [-0.1, -0.05) is 19.8 Å². The Morgan fingerprint density at radius 3 is 2.36 bits per heavy atom. The second-order valence-corrected chi connectivity index (χ2v) is 13.4. The van der Waals surface area contributed by atoms with Gasteiger partial charge >= 0.3 is 12.1 Å². The van der Waals surface area contributed by atoms with E-state index < -0.39 is 27.6 Å². The maximum atomic E-state index is 13.2. The number of hydrogen-bond donors (Lipinski definition) is 1. The quantitative estimate of drug-likeness (QED) is 0.561. The Bertz CT molecular complexity index is 1250. The molecule has 0 bridgehead atoms. The molecule has 2 aliphatic heterocycles. The van der Waals surface area contributed by atoms with E-state index in [-0.39, 0.29) is 42.8 Å². The Morgan fingerprint density at radius 1 is 1.18 bits per heavy atom. The van der Waals surface area contributed by atoms with Crippen molar-refractivity contribution in [2.75, 3.05) is 30.8 Å². The molecule has 1 aromatic rings. The van der Waals surface area contributed by atoms with Crippen LogP contribution in [0.1, 0.15) is 62.1 Å². The lowest BCUT2D eigenvalue weighted by molar-refractivity contribution is -0.170. The Balaban J connectivity index is 1.39. The molecule has 2 atom stereocenters. The molecule has 0 unspecified atom stereocenters. The van der Waals surface area contributed by atoms with Crippen molar-refractivity contribution in [1.29, 1.82) is 0 Å². The van der Waals surface area contributed by atoms with E-state index >= 15 is 0 Å². The van der Waals surface area contributed by atoms with Gasteiger partial charge in [0.25, 0.3) is 5.91 Å². The first kappa shape index (κ1) is 29.5. The number of aliphatic imine (C=N–C) groups is 1. The second kappa shape index (κ2) is 10.8. The van der Waals surface area contributed by atoms with Crippen LogP contribution in [0.5, 0.6) is 0 Å². The van der Waals surface area contributed by atoms with Crippen LogP contribution in [-0.4, -0.2) is 68.0 Å². The number of piperidine rings is 1. The number of carbonyl (C=O) groups is 2. The van der Waals surface area contributed by atoms with Gasteiger partial charge in [0.15, 0.2) is 0 Å². The van der Waals surface area contributed by atoms with Gasteiger partial charge < -0.3 is 10.2 Å². The number of sulfonamides is 1. The van der Waals surface area contributed by atoms with Gasteiger partial charge in [0.1, 0.15) is 11.4 Å². The van der Waals surface area contributed by atoms with Crippen LogP contribution in [0.2, 0.25) is 0 Å². The predicted octanol–water partition coefficient (Wildman–Crippen LogP) is 3.89. The monoisotopic (exact) mass is 570 g/mol. The third-order valence-corrected chi connectivity index (χ3v) is 10.4. The number of benzene rings is 1. The minimum absolute atomic E-state index is 0.0951. The average molecular weight is 571 g/mol. The van der Waals surface area contributed by atoms with Crippen molar-refractivity contribution in [1.82, 2.24) is 9.62 Å². The number of amidine groups is 1. The number of anilines is 1. The van der Waals surface area contributed by atoms with Crippen LogP contribution in [0.25, 0.3) is 0 Å². The SMILES string of the molecule is Cc1cc(N(C)C(=O)C(F)(F)F)cc(C)c1CCS(=O)(=O)N1CCC2(CC1)N=C([C@H]1CCC[C@@H](C)C1)NC2=O. The van der Waals surface area contributed by atoms with Crippen LogP contribution in [0.15, 0.2) is 17.1 Å². The fraction of sp³-hybridized carbons (Fsp3) is 0.667.